The topological polar surface area (TPSA) is 41.4 Å². The Labute approximate surface area is 229 Å². The molecule has 0 N–H and O–H groups in total. The van der Waals surface area contributed by atoms with Crippen molar-refractivity contribution in [2.75, 3.05) is 26.2 Å². The molecule has 0 saturated carbocycles. The number of nitrogens with zero attached hydrogens (tertiary/aromatic N) is 4. The number of aromatic nitrogens is 2. The van der Waals surface area contributed by atoms with Crippen molar-refractivity contribution in [2.24, 2.45) is 11.8 Å². The second kappa shape index (κ2) is 12.2. The Bertz CT molecular complexity index is 1370. The van der Waals surface area contributed by atoms with Crippen LogP contribution in [0.2, 0.25) is 0 Å². The summed E-state index contributed by atoms with van der Waals surface area (Å²) in [6, 6.07) is 11.2. The molecule has 206 valence electrons. The number of imidazole rings is 1. The standard InChI is InChI=1S/C32H38F2N4O/c1-23(2)19-37(32(39)27-15-14-26(33)18-28(27)34)22-31-35-29-12-6-7-13-30(29)38(31)21-25-11-5-4-10-24(25)20-36-16-8-3-9-17-36/h4-7,11-15,18,23-24H,3,8-10,16-17,19-22H2,1-2H3/t24-/m1/s1. The first kappa shape index (κ1) is 27.3. The summed E-state index contributed by atoms with van der Waals surface area (Å²) in [6.45, 7) is 8.79. The van der Waals surface area contributed by atoms with Crippen LogP contribution in [0.1, 0.15) is 55.7 Å². The Morgan fingerprint density at radius 1 is 1.10 bits per heavy atom. The average molecular weight is 533 g/mol. The summed E-state index contributed by atoms with van der Waals surface area (Å²) in [5, 5.41) is 0. The monoisotopic (exact) mass is 532 g/mol. The molecule has 1 aliphatic heterocycles. The van der Waals surface area contributed by atoms with Gasteiger partial charge < -0.3 is 14.4 Å². The number of halogens is 2. The van der Waals surface area contributed by atoms with Crippen LogP contribution < -0.4 is 0 Å². The fourth-order valence-electron chi connectivity index (χ4n) is 5.82. The molecule has 5 rings (SSSR count). The Morgan fingerprint density at radius 2 is 1.90 bits per heavy atom. The molecule has 1 aromatic heterocycles. The van der Waals surface area contributed by atoms with Crippen LogP contribution in [-0.4, -0.2) is 51.4 Å². The van der Waals surface area contributed by atoms with Crippen LogP contribution in [0.25, 0.3) is 11.0 Å². The number of hydrogen-bond donors (Lipinski definition) is 0. The van der Waals surface area contributed by atoms with Crippen LogP contribution in [0, 0.1) is 23.5 Å². The van der Waals surface area contributed by atoms with Gasteiger partial charge in [-0.3, -0.25) is 4.79 Å². The van der Waals surface area contributed by atoms with Gasteiger partial charge in [0.1, 0.15) is 17.5 Å². The highest BCUT2D eigenvalue weighted by Gasteiger charge is 2.26. The molecule has 3 aromatic rings. The van der Waals surface area contributed by atoms with E-state index in [1.54, 1.807) is 4.90 Å². The van der Waals surface area contributed by atoms with Gasteiger partial charge in [-0.1, -0.05) is 50.6 Å². The quantitative estimate of drug-likeness (QED) is 0.312. The third-order valence-electron chi connectivity index (χ3n) is 7.76. The largest absolute Gasteiger partial charge is 0.331 e. The van der Waals surface area contributed by atoms with Crippen molar-refractivity contribution in [1.29, 1.82) is 0 Å². The van der Waals surface area contributed by atoms with Crippen LogP contribution in [0.15, 0.2) is 66.3 Å². The van der Waals surface area contributed by atoms with E-state index in [4.69, 9.17) is 4.98 Å². The van der Waals surface area contributed by atoms with Crippen molar-refractivity contribution >= 4 is 16.9 Å². The van der Waals surface area contributed by atoms with Gasteiger partial charge in [-0.2, -0.15) is 0 Å². The Kier molecular flexibility index (Phi) is 8.56. The fraction of sp³-hybridized carbons (Fsp3) is 0.438. The highest BCUT2D eigenvalue weighted by atomic mass is 19.1. The molecule has 2 aromatic carbocycles. The van der Waals surface area contributed by atoms with E-state index >= 15 is 0 Å². The summed E-state index contributed by atoms with van der Waals surface area (Å²) in [5.41, 5.74) is 3.13. The minimum atomic E-state index is -0.845. The van der Waals surface area contributed by atoms with Gasteiger partial charge in [-0.15, -0.1) is 0 Å². The van der Waals surface area contributed by atoms with Crippen LogP contribution in [0.5, 0.6) is 0 Å². The Balaban J connectivity index is 1.45. The van der Waals surface area contributed by atoms with Crippen molar-refractivity contribution in [3.63, 3.8) is 0 Å². The van der Waals surface area contributed by atoms with Crippen molar-refractivity contribution in [3.8, 4) is 0 Å². The molecule has 0 bridgehead atoms. The first-order valence-electron chi connectivity index (χ1n) is 14.2. The average Bonchev–Trinajstić information content (AvgIpc) is 3.26. The molecular formula is C32H38F2N4O. The summed E-state index contributed by atoms with van der Waals surface area (Å²) in [4.78, 5) is 22.7. The smallest absolute Gasteiger partial charge is 0.257 e. The van der Waals surface area contributed by atoms with E-state index in [1.165, 1.54) is 44.0 Å². The molecule has 0 unspecified atom stereocenters. The van der Waals surface area contributed by atoms with E-state index in [1.807, 2.05) is 32.0 Å². The first-order valence-corrected chi connectivity index (χ1v) is 14.2. The maximum absolute atomic E-state index is 14.6. The lowest BCUT2D eigenvalue weighted by Gasteiger charge is -2.32. The lowest BCUT2D eigenvalue weighted by Crippen LogP contribution is -2.36. The molecular weight excluding hydrogens is 494 g/mol. The fourth-order valence-corrected chi connectivity index (χ4v) is 5.82. The van der Waals surface area contributed by atoms with Gasteiger partial charge in [0, 0.05) is 25.7 Å². The number of piperidine rings is 1. The van der Waals surface area contributed by atoms with E-state index in [2.05, 4.69) is 33.8 Å². The van der Waals surface area contributed by atoms with Crippen molar-refractivity contribution in [2.45, 2.75) is 52.6 Å². The summed E-state index contributed by atoms with van der Waals surface area (Å²) >= 11 is 0. The van der Waals surface area contributed by atoms with E-state index in [-0.39, 0.29) is 18.0 Å². The molecule has 1 fully saturated rings. The van der Waals surface area contributed by atoms with E-state index in [0.29, 0.717) is 19.0 Å². The number of likely N-dealkylation sites (tertiary alicyclic amines) is 1. The molecule has 1 saturated heterocycles. The van der Waals surface area contributed by atoms with Crippen molar-refractivity contribution < 1.29 is 13.6 Å². The molecule has 1 amide bonds. The first-order chi connectivity index (χ1) is 18.9. The number of carbonyl (C=O) groups excluding carboxylic acids is 1. The summed E-state index contributed by atoms with van der Waals surface area (Å²) < 4.78 is 30.4. The molecule has 39 heavy (non-hydrogen) atoms. The summed E-state index contributed by atoms with van der Waals surface area (Å²) in [7, 11) is 0. The maximum atomic E-state index is 14.6. The number of benzene rings is 2. The van der Waals surface area contributed by atoms with E-state index < -0.39 is 17.5 Å². The second-order valence-electron chi connectivity index (χ2n) is 11.3. The molecule has 7 heteroatoms. The normalized spacial score (nSPS) is 18.1. The van der Waals surface area contributed by atoms with Crippen LogP contribution in [-0.2, 0) is 13.1 Å². The van der Waals surface area contributed by atoms with Gasteiger partial charge in [0.05, 0.1) is 23.1 Å². The number of rotatable bonds is 9. The third kappa shape index (κ3) is 6.47. The number of amides is 1. The zero-order valence-electron chi connectivity index (χ0n) is 23.0. The maximum Gasteiger partial charge on any atom is 0.257 e. The molecule has 1 atom stereocenters. The van der Waals surface area contributed by atoms with Crippen LogP contribution in [0.4, 0.5) is 8.78 Å². The predicted octanol–water partition coefficient (Wildman–Crippen LogP) is 6.60. The molecule has 0 spiro atoms. The highest BCUT2D eigenvalue weighted by molar-refractivity contribution is 5.94. The zero-order chi connectivity index (χ0) is 27.4. The van der Waals surface area contributed by atoms with Gasteiger partial charge in [-0.05, 0) is 74.0 Å². The predicted molar refractivity (Wildman–Crippen MR) is 151 cm³/mol. The molecule has 2 heterocycles. The summed E-state index contributed by atoms with van der Waals surface area (Å²) in [5.74, 6) is -0.640. The van der Waals surface area contributed by atoms with Gasteiger partial charge in [-0.25, -0.2) is 13.8 Å². The van der Waals surface area contributed by atoms with Crippen molar-refractivity contribution in [3.05, 3.63) is 89.3 Å². The van der Waals surface area contributed by atoms with Crippen molar-refractivity contribution in [1.82, 2.24) is 19.4 Å². The number of fused-ring (bicyclic) bond motifs is 1. The van der Waals surface area contributed by atoms with Gasteiger partial charge in [0.2, 0.25) is 0 Å². The molecule has 0 radical (unpaired) electrons. The number of allylic oxidation sites excluding steroid dienone is 3. The van der Waals surface area contributed by atoms with E-state index in [9.17, 15) is 13.6 Å². The van der Waals surface area contributed by atoms with Gasteiger partial charge in [0.25, 0.3) is 5.91 Å². The van der Waals surface area contributed by atoms with Crippen LogP contribution in [0.3, 0.4) is 0 Å². The minimum Gasteiger partial charge on any atom is -0.331 e. The van der Waals surface area contributed by atoms with E-state index in [0.717, 1.165) is 42.0 Å². The number of carbonyl (C=O) groups is 1. The van der Waals surface area contributed by atoms with Gasteiger partial charge >= 0.3 is 0 Å². The minimum absolute atomic E-state index is 0.124. The lowest BCUT2D eigenvalue weighted by molar-refractivity contribution is 0.0711. The zero-order valence-corrected chi connectivity index (χ0v) is 23.0. The SMILES string of the molecule is CC(C)CN(Cc1nc2ccccc2n1CC1=CC=CC[C@@H]1CN1CCCCC1)C(=O)c1ccc(F)cc1F. The summed E-state index contributed by atoms with van der Waals surface area (Å²) in [6.07, 6.45) is 11.5. The Morgan fingerprint density at radius 3 is 2.67 bits per heavy atom. The molecule has 1 aliphatic carbocycles. The highest BCUT2D eigenvalue weighted by Crippen LogP contribution is 2.28. The number of hydrogen-bond acceptors (Lipinski definition) is 3. The lowest BCUT2D eigenvalue weighted by atomic mass is 9.90. The van der Waals surface area contributed by atoms with Gasteiger partial charge in [0.15, 0.2) is 0 Å². The molecule has 2 aliphatic rings. The second-order valence-corrected chi connectivity index (χ2v) is 11.3. The number of para-hydroxylation sites is 2. The Hall–Kier alpha value is -3.32. The third-order valence-corrected chi connectivity index (χ3v) is 7.76. The van der Waals surface area contributed by atoms with Crippen LogP contribution >= 0.6 is 0 Å². The molecule has 5 nitrogen and oxygen atoms in total.